The summed E-state index contributed by atoms with van der Waals surface area (Å²) < 4.78 is 30.9. The largest absolute Gasteiger partial charge is 0.231 e. The van der Waals surface area contributed by atoms with Gasteiger partial charge in [-0.25, -0.2) is 8.78 Å². The summed E-state index contributed by atoms with van der Waals surface area (Å²) in [5, 5.41) is 0. The van der Waals surface area contributed by atoms with Crippen molar-refractivity contribution in [1.82, 2.24) is 0 Å². The zero-order valence-electron chi connectivity index (χ0n) is 19.4. The van der Waals surface area contributed by atoms with E-state index < -0.39 is 11.5 Å². The molecule has 0 N–H and O–H groups in total. The second-order valence-electron chi connectivity index (χ2n) is 10.6. The Labute approximate surface area is 188 Å². The predicted molar refractivity (Wildman–Crippen MR) is 126 cm³/mol. The highest BCUT2D eigenvalue weighted by atomic mass is 19.2. The van der Waals surface area contributed by atoms with Gasteiger partial charge in [0.05, 0.1) is 0 Å². The second-order valence-corrected chi connectivity index (χ2v) is 10.6. The molecular weight excluding hydrogens is 386 g/mol. The van der Waals surface area contributed by atoms with Crippen molar-refractivity contribution in [3.8, 4) is 0 Å². The van der Waals surface area contributed by atoms with E-state index in [0.29, 0.717) is 0 Å². The quantitative estimate of drug-likeness (QED) is 0.398. The first-order valence-electron chi connectivity index (χ1n) is 12.8. The Kier molecular flexibility index (Phi) is 7.34. The maximum absolute atomic E-state index is 15.9. The van der Waals surface area contributed by atoms with E-state index >= 15 is 8.78 Å². The van der Waals surface area contributed by atoms with E-state index in [9.17, 15) is 0 Å². The van der Waals surface area contributed by atoms with Gasteiger partial charge in [0.1, 0.15) is 5.83 Å². The number of hydrogen-bond donors (Lipinski definition) is 0. The Hall–Kier alpha value is -1.44. The molecule has 0 amide bonds. The third-order valence-corrected chi connectivity index (χ3v) is 8.86. The number of alkyl halides is 1. The van der Waals surface area contributed by atoms with Crippen LogP contribution in [0.15, 0.2) is 54.4 Å². The molecule has 2 fully saturated rings. The number of allylic oxidation sites excluding steroid dienone is 4. The van der Waals surface area contributed by atoms with E-state index in [4.69, 9.17) is 0 Å². The lowest BCUT2D eigenvalue weighted by atomic mass is 9.65. The average Bonchev–Trinajstić information content (AvgIpc) is 2.82. The molecule has 170 valence electrons. The fraction of sp³-hybridized carbons (Fsp3) is 0.655. The standard InChI is InChI=1S/C29H40F2/c1-3-7-22-10-12-25(13-11-22)26-16-14-23(15-17-26)21(2)29(31)19-18-27(20-28(29)30)24-8-5-4-6-9-24/h4-6,8-9,18-23,25-27H,3,7,10-17H2,1-2H3. The first-order chi connectivity index (χ1) is 15.0. The van der Waals surface area contributed by atoms with E-state index in [1.165, 1.54) is 63.5 Å². The normalized spacial score (nSPS) is 37.3. The van der Waals surface area contributed by atoms with Gasteiger partial charge in [0.2, 0.25) is 0 Å². The van der Waals surface area contributed by atoms with Crippen LogP contribution in [-0.4, -0.2) is 5.67 Å². The van der Waals surface area contributed by atoms with Crippen molar-refractivity contribution >= 4 is 0 Å². The van der Waals surface area contributed by atoms with Crippen molar-refractivity contribution in [3.05, 3.63) is 60.0 Å². The van der Waals surface area contributed by atoms with Crippen LogP contribution in [0.5, 0.6) is 0 Å². The lowest BCUT2D eigenvalue weighted by Gasteiger charge is -2.42. The molecule has 0 bridgehead atoms. The Bertz CT molecular complexity index is 750. The van der Waals surface area contributed by atoms with Crippen LogP contribution in [-0.2, 0) is 0 Å². The number of halogens is 2. The van der Waals surface area contributed by atoms with E-state index in [1.54, 1.807) is 0 Å². The van der Waals surface area contributed by atoms with Crippen LogP contribution in [0, 0.1) is 29.6 Å². The van der Waals surface area contributed by atoms with Crippen LogP contribution in [0.25, 0.3) is 0 Å². The molecule has 0 heterocycles. The third kappa shape index (κ3) is 4.99. The average molecular weight is 427 g/mol. The van der Waals surface area contributed by atoms with E-state index in [2.05, 4.69) is 6.92 Å². The molecule has 31 heavy (non-hydrogen) atoms. The maximum Gasteiger partial charge on any atom is 0.182 e. The van der Waals surface area contributed by atoms with Crippen molar-refractivity contribution < 1.29 is 8.78 Å². The molecule has 1 aromatic carbocycles. The summed E-state index contributed by atoms with van der Waals surface area (Å²) in [6, 6.07) is 9.80. The predicted octanol–water partition coefficient (Wildman–Crippen LogP) is 8.95. The Morgan fingerprint density at radius 2 is 1.55 bits per heavy atom. The molecule has 3 aliphatic rings. The number of rotatable bonds is 6. The molecule has 4 rings (SSSR count). The topological polar surface area (TPSA) is 0 Å². The van der Waals surface area contributed by atoms with Gasteiger partial charge in [-0.15, -0.1) is 0 Å². The van der Waals surface area contributed by atoms with Crippen LogP contribution in [0.2, 0.25) is 0 Å². The van der Waals surface area contributed by atoms with Crippen molar-refractivity contribution in [2.24, 2.45) is 29.6 Å². The summed E-state index contributed by atoms with van der Waals surface area (Å²) in [5.41, 5.74) is -0.932. The van der Waals surface area contributed by atoms with Gasteiger partial charge in [-0.1, -0.05) is 75.9 Å². The monoisotopic (exact) mass is 426 g/mol. The summed E-state index contributed by atoms with van der Waals surface area (Å²) >= 11 is 0. The Morgan fingerprint density at radius 1 is 0.935 bits per heavy atom. The van der Waals surface area contributed by atoms with E-state index in [1.807, 2.05) is 43.3 Å². The van der Waals surface area contributed by atoms with Crippen molar-refractivity contribution in [2.45, 2.75) is 89.6 Å². The molecule has 0 aromatic heterocycles. The van der Waals surface area contributed by atoms with Crippen molar-refractivity contribution in [1.29, 1.82) is 0 Å². The van der Waals surface area contributed by atoms with Crippen LogP contribution in [0.3, 0.4) is 0 Å². The van der Waals surface area contributed by atoms with Gasteiger partial charge in [-0.3, -0.25) is 0 Å². The second kappa shape index (κ2) is 10.0. The van der Waals surface area contributed by atoms with Gasteiger partial charge in [0, 0.05) is 11.8 Å². The van der Waals surface area contributed by atoms with Gasteiger partial charge in [-0.05, 0) is 79.9 Å². The lowest BCUT2D eigenvalue weighted by Crippen LogP contribution is -2.39. The smallest absolute Gasteiger partial charge is 0.182 e. The minimum atomic E-state index is -1.94. The molecule has 3 unspecified atom stereocenters. The van der Waals surface area contributed by atoms with Crippen molar-refractivity contribution in [3.63, 3.8) is 0 Å². The zero-order chi connectivity index (χ0) is 21.8. The summed E-state index contributed by atoms with van der Waals surface area (Å²) in [5.74, 6) is 1.85. The first-order valence-corrected chi connectivity index (χ1v) is 12.8. The van der Waals surface area contributed by atoms with Gasteiger partial charge >= 0.3 is 0 Å². The van der Waals surface area contributed by atoms with Crippen LogP contribution >= 0.6 is 0 Å². The molecule has 0 radical (unpaired) electrons. The summed E-state index contributed by atoms with van der Waals surface area (Å²) in [6.45, 7) is 4.23. The van der Waals surface area contributed by atoms with Gasteiger partial charge in [0.25, 0.3) is 0 Å². The van der Waals surface area contributed by atoms with Crippen LogP contribution in [0.1, 0.15) is 89.5 Å². The minimum Gasteiger partial charge on any atom is -0.231 e. The molecule has 3 aliphatic carbocycles. The van der Waals surface area contributed by atoms with Gasteiger partial charge in [0.15, 0.2) is 5.67 Å². The van der Waals surface area contributed by atoms with E-state index in [0.717, 1.165) is 36.2 Å². The van der Waals surface area contributed by atoms with Crippen molar-refractivity contribution in [2.75, 3.05) is 0 Å². The summed E-state index contributed by atoms with van der Waals surface area (Å²) in [6.07, 6.45) is 17.7. The first kappa shape index (κ1) is 22.7. The molecule has 0 nitrogen and oxygen atoms in total. The molecule has 0 spiro atoms. The fourth-order valence-corrected chi connectivity index (χ4v) is 6.73. The van der Waals surface area contributed by atoms with Crippen LogP contribution in [0.4, 0.5) is 8.78 Å². The Morgan fingerprint density at radius 3 is 2.13 bits per heavy atom. The molecule has 2 saturated carbocycles. The zero-order valence-corrected chi connectivity index (χ0v) is 19.4. The minimum absolute atomic E-state index is 0.171. The molecular formula is C29H40F2. The van der Waals surface area contributed by atoms with Crippen LogP contribution < -0.4 is 0 Å². The third-order valence-electron chi connectivity index (χ3n) is 8.86. The molecule has 3 atom stereocenters. The highest BCUT2D eigenvalue weighted by Crippen LogP contribution is 2.49. The number of hydrogen-bond acceptors (Lipinski definition) is 0. The molecule has 2 heteroatoms. The molecule has 0 aliphatic heterocycles. The van der Waals surface area contributed by atoms with Gasteiger partial charge in [-0.2, -0.15) is 0 Å². The molecule has 1 aromatic rings. The summed E-state index contributed by atoms with van der Waals surface area (Å²) in [4.78, 5) is 0. The maximum atomic E-state index is 15.9. The molecule has 0 saturated heterocycles. The Balaban J connectivity index is 1.32. The fourth-order valence-electron chi connectivity index (χ4n) is 6.73. The number of benzene rings is 1. The SMILES string of the molecule is CCCC1CCC(C2CCC(C(C)C3(F)C=CC(c4ccccc4)C=C3F)CC2)CC1. The lowest BCUT2D eigenvalue weighted by molar-refractivity contribution is 0.0656. The summed E-state index contributed by atoms with van der Waals surface area (Å²) in [7, 11) is 0. The van der Waals surface area contributed by atoms with Gasteiger partial charge < -0.3 is 0 Å². The van der Waals surface area contributed by atoms with E-state index in [-0.39, 0.29) is 17.8 Å². The highest BCUT2D eigenvalue weighted by Gasteiger charge is 2.45. The highest BCUT2D eigenvalue weighted by molar-refractivity contribution is 5.38.